The molecule has 1 fully saturated rings. The zero-order chi connectivity index (χ0) is 21.2. The fourth-order valence-corrected chi connectivity index (χ4v) is 3.71. The Morgan fingerprint density at radius 3 is 2.90 bits per heavy atom. The number of benzene rings is 1. The van der Waals surface area contributed by atoms with Crippen LogP contribution in [0.25, 0.3) is 22.5 Å². The maximum atomic E-state index is 12.8. The van der Waals surface area contributed by atoms with Gasteiger partial charge in [-0.05, 0) is 30.3 Å². The van der Waals surface area contributed by atoms with Gasteiger partial charge >= 0.3 is 0 Å². The number of nitrogens with one attached hydrogen (secondary N) is 3. The van der Waals surface area contributed by atoms with Gasteiger partial charge in [0.05, 0.1) is 30.9 Å². The summed E-state index contributed by atoms with van der Waals surface area (Å²) in [5.74, 6) is 0.860. The summed E-state index contributed by atoms with van der Waals surface area (Å²) in [6, 6.07) is 9.54. The molecule has 1 aromatic carbocycles. The van der Waals surface area contributed by atoms with Crippen molar-refractivity contribution in [3.05, 3.63) is 54.7 Å². The number of carbonyl (C=O) groups is 1. The molecule has 31 heavy (non-hydrogen) atoms. The van der Waals surface area contributed by atoms with Crippen LogP contribution >= 0.6 is 0 Å². The molecule has 4 aromatic rings. The molecule has 1 saturated heterocycles. The molecular formula is C22H22N6O3. The predicted octanol–water partition coefficient (Wildman–Crippen LogP) is 2.89. The Labute approximate surface area is 178 Å². The Morgan fingerprint density at radius 2 is 2.06 bits per heavy atom. The quantitative estimate of drug-likeness (QED) is 0.457. The normalized spacial score (nSPS) is 14.0. The van der Waals surface area contributed by atoms with Crippen LogP contribution in [0.3, 0.4) is 0 Å². The number of aromatic amines is 1. The Hall–Kier alpha value is -3.85. The van der Waals surface area contributed by atoms with Crippen molar-refractivity contribution in [1.82, 2.24) is 20.3 Å². The van der Waals surface area contributed by atoms with Gasteiger partial charge in [0.25, 0.3) is 5.91 Å². The number of fused-ring (bicyclic) bond motifs is 1. The van der Waals surface area contributed by atoms with Crippen molar-refractivity contribution in [1.29, 1.82) is 0 Å². The van der Waals surface area contributed by atoms with E-state index in [-0.39, 0.29) is 11.7 Å². The molecule has 9 heteroatoms. The highest BCUT2D eigenvalue weighted by Crippen LogP contribution is 2.28. The third-order valence-corrected chi connectivity index (χ3v) is 5.29. The number of methoxy groups -OCH3 is 1. The van der Waals surface area contributed by atoms with E-state index in [1.54, 1.807) is 19.5 Å². The summed E-state index contributed by atoms with van der Waals surface area (Å²) in [5, 5.41) is 7.20. The van der Waals surface area contributed by atoms with Gasteiger partial charge in [-0.15, -0.1) is 0 Å². The second-order valence-electron chi connectivity index (χ2n) is 7.25. The van der Waals surface area contributed by atoms with Gasteiger partial charge in [-0.1, -0.05) is 0 Å². The van der Waals surface area contributed by atoms with Crippen LogP contribution in [0.1, 0.15) is 10.6 Å². The first-order valence-electron chi connectivity index (χ1n) is 10.1. The first-order valence-corrected chi connectivity index (χ1v) is 10.1. The summed E-state index contributed by atoms with van der Waals surface area (Å²) >= 11 is 0. The van der Waals surface area contributed by atoms with Crippen LogP contribution in [-0.4, -0.2) is 54.1 Å². The Kier molecular flexibility index (Phi) is 5.01. The predicted molar refractivity (Wildman–Crippen MR) is 118 cm³/mol. The minimum atomic E-state index is -0.374. The average Bonchev–Trinajstić information content (AvgIpc) is 3.47. The van der Waals surface area contributed by atoms with Gasteiger partial charge in [0.2, 0.25) is 11.7 Å². The number of oxazole rings is 1. The largest absolute Gasteiger partial charge is 0.497 e. The first-order chi connectivity index (χ1) is 15.2. The van der Waals surface area contributed by atoms with Crippen molar-refractivity contribution in [3.63, 3.8) is 0 Å². The number of piperazine rings is 1. The SMILES string of the molecule is COc1ccc2[nH]c(-c3ncc(C(=O)Nc4cnccc4N4CCNCC4)o3)cc2c1. The van der Waals surface area contributed by atoms with E-state index < -0.39 is 0 Å². The smallest absolute Gasteiger partial charge is 0.293 e. The summed E-state index contributed by atoms with van der Waals surface area (Å²) in [4.78, 5) is 26.7. The highest BCUT2D eigenvalue weighted by Gasteiger charge is 2.19. The maximum absolute atomic E-state index is 12.8. The molecule has 1 aliphatic rings. The van der Waals surface area contributed by atoms with E-state index in [0.29, 0.717) is 17.3 Å². The van der Waals surface area contributed by atoms with Gasteiger partial charge in [0, 0.05) is 43.3 Å². The molecule has 5 rings (SSSR count). The van der Waals surface area contributed by atoms with Crippen LogP contribution in [0.4, 0.5) is 11.4 Å². The molecule has 1 amide bonds. The van der Waals surface area contributed by atoms with Gasteiger partial charge < -0.3 is 29.7 Å². The highest BCUT2D eigenvalue weighted by molar-refractivity contribution is 6.04. The van der Waals surface area contributed by atoms with Crippen LogP contribution < -0.4 is 20.3 Å². The van der Waals surface area contributed by atoms with Crippen LogP contribution in [0.2, 0.25) is 0 Å². The fourth-order valence-electron chi connectivity index (χ4n) is 3.71. The average molecular weight is 418 g/mol. The minimum Gasteiger partial charge on any atom is -0.497 e. The molecule has 0 aliphatic carbocycles. The number of carbonyl (C=O) groups excluding carboxylic acids is 1. The maximum Gasteiger partial charge on any atom is 0.293 e. The van der Waals surface area contributed by atoms with E-state index in [4.69, 9.17) is 9.15 Å². The number of aromatic nitrogens is 3. The summed E-state index contributed by atoms with van der Waals surface area (Å²) < 4.78 is 11.0. The third-order valence-electron chi connectivity index (χ3n) is 5.29. The molecule has 1 aliphatic heterocycles. The second-order valence-corrected chi connectivity index (χ2v) is 7.25. The number of pyridine rings is 1. The fraction of sp³-hybridized carbons (Fsp3) is 0.227. The third kappa shape index (κ3) is 3.82. The zero-order valence-corrected chi connectivity index (χ0v) is 17.0. The van der Waals surface area contributed by atoms with E-state index in [1.807, 2.05) is 30.3 Å². The van der Waals surface area contributed by atoms with Crippen LogP contribution in [0, 0.1) is 0 Å². The molecule has 4 heterocycles. The first kappa shape index (κ1) is 19.1. The van der Waals surface area contributed by atoms with E-state index in [1.165, 1.54) is 6.20 Å². The molecule has 0 unspecified atom stereocenters. The monoisotopic (exact) mass is 418 g/mol. The lowest BCUT2D eigenvalue weighted by atomic mass is 10.2. The van der Waals surface area contributed by atoms with Crippen LogP contribution in [0.5, 0.6) is 5.75 Å². The molecule has 0 radical (unpaired) electrons. The van der Waals surface area contributed by atoms with Crippen LogP contribution in [-0.2, 0) is 0 Å². The van der Waals surface area contributed by atoms with Gasteiger partial charge in [-0.25, -0.2) is 4.98 Å². The topological polar surface area (TPSA) is 108 Å². The Morgan fingerprint density at radius 1 is 1.19 bits per heavy atom. The van der Waals surface area contributed by atoms with Crippen molar-refractivity contribution < 1.29 is 13.9 Å². The molecule has 3 N–H and O–H groups in total. The highest BCUT2D eigenvalue weighted by atomic mass is 16.5. The molecule has 158 valence electrons. The number of nitrogens with zero attached hydrogens (tertiary/aromatic N) is 3. The summed E-state index contributed by atoms with van der Waals surface area (Å²) in [6.45, 7) is 3.53. The second kappa shape index (κ2) is 8.11. The van der Waals surface area contributed by atoms with Gasteiger partial charge in [-0.2, -0.15) is 0 Å². The van der Waals surface area contributed by atoms with Gasteiger partial charge in [-0.3, -0.25) is 9.78 Å². The van der Waals surface area contributed by atoms with Crippen molar-refractivity contribution in [3.8, 4) is 17.3 Å². The molecule has 3 aromatic heterocycles. The summed E-state index contributed by atoms with van der Waals surface area (Å²) in [6.07, 6.45) is 4.81. The van der Waals surface area contributed by atoms with Crippen LogP contribution in [0.15, 0.2) is 53.3 Å². The molecule has 0 saturated carbocycles. The lowest BCUT2D eigenvalue weighted by Gasteiger charge is -2.30. The lowest BCUT2D eigenvalue weighted by Crippen LogP contribution is -2.43. The number of hydrogen-bond acceptors (Lipinski definition) is 7. The van der Waals surface area contributed by atoms with Gasteiger partial charge in [0.1, 0.15) is 11.4 Å². The zero-order valence-electron chi connectivity index (χ0n) is 17.0. The van der Waals surface area contributed by atoms with Crippen molar-refractivity contribution >= 4 is 28.2 Å². The Balaban J connectivity index is 1.36. The standard InChI is InChI=1S/C22H22N6O3/c1-30-15-2-3-16-14(10-15)11-17(26-16)22-25-13-20(31-22)21(29)27-18-12-24-5-4-19(18)28-8-6-23-7-9-28/h2-5,10-13,23,26H,6-9H2,1H3,(H,27,29). The van der Waals surface area contributed by atoms with E-state index in [0.717, 1.165) is 48.5 Å². The molecule has 9 nitrogen and oxygen atoms in total. The summed E-state index contributed by atoms with van der Waals surface area (Å²) in [7, 11) is 1.63. The number of anilines is 2. The van der Waals surface area contributed by atoms with E-state index in [9.17, 15) is 4.79 Å². The lowest BCUT2D eigenvalue weighted by molar-refractivity contribution is 0.0997. The number of H-pyrrole nitrogens is 1. The molecule has 0 spiro atoms. The summed E-state index contributed by atoms with van der Waals surface area (Å²) in [5.41, 5.74) is 3.19. The molecule has 0 atom stereocenters. The Bertz CT molecular complexity index is 1220. The number of hydrogen-bond donors (Lipinski definition) is 3. The molecule has 0 bridgehead atoms. The number of ether oxygens (including phenoxy) is 1. The van der Waals surface area contributed by atoms with E-state index in [2.05, 4.69) is 30.5 Å². The van der Waals surface area contributed by atoms with Crippen molar-refractivity contribution in [2.75, 3.05) is 43.5 Å². The number of amides is 1. The minimum absolute atomic E-state index is 0.126. The van der Waals surface area contributed by atoms with Crippen molar-refractivity contribution in [2.24, 2.45) is 0 Å². The van der Waals surface area contributed by atoms with Gasteiger partial charge in [0.15, 0.2) is 0 Å². The number of rotatable bonds is 5. The molecular weight excluding hydrogens is 396 g/mol. The van der Waals surface area contributed by atoms with E-state index >= 15 is 0 Å². The van der Waals surface area contributed by atoms with Crippen molar-refractivity contribution in [2.45, 2.75) is 0 Å².